The van der Waals surface area contributed by atoms with Crippen LogP contribution in [-0.4, -0.2) is 29.3 Å². The molecule has 7 nitrogen and oxygen atoms in total. The number of ether oxygens (including phenoxy) is 2. The van der Waals surface area contributed by atoms with Gasteiger partial charge in [-0.1, -0.05) is 41.4 Å². The van der Waals surface area contributed by atoms with E-state index in [1.165, 1.54) is 11.8 Å². The minimum Gasteiger partial charge on any atom is -0.493 e. The van der Waals surface area contributed by atoms with Gasteiger partial charge in [0.15, 0.2) is 16.7 Å². The Morgan fingerprint density at radius 1 is 1.08 bits per heavy atom. The van der Waals surface area contributed by atoms with E-state index in [9.17, 15) is 4.79 Å². The molecule has 1 aliphatic rings. The second kappa shape index (κ2) is 12.6. The summed E-state index contributed by atoms with van der Waals surface area (Å²) in [5, 5.41) is 12.0. The molecule has 0 saturated carbocycles. The Morgan fingerprint density at radius 3 is 2.72 bits per heavy atom. The topological polar surface area (TPSA) is 76.6 Å². The average molecular weight is 599 g/mol. The van der Waals surface area contributed by atoms with Crippen molar-refractivity contribution in [3.8, 4) is 11.5 Å². The summed E-state index contributed by atoms with van der Waals surface area (Å²) in [6, 6.07) is 18.2. The van der Waals surface area contributed by atoms with Gasteiger partial charge in [0.05, 0.1) is 31.0 Å². The Kier molecular flexibility index (Phi) is 8.73. The van der Waals surface area contributed by atoms with Crippen molar-refractivity contribution in [2.24, 2.45) is 10.2 Å². The van der Waals surface area contributed by atoms with Crippen molar-refractivity contribution >= 4 is 69.7 Å². The lowest BCUT2D eigenvalue weighted by Crippen LogP contribution is -2.28. The number of halogens is 2. The molecule has 5 rings (SSSR count). The zero-order valence-corrected chi connectivity index (χ0v) is 23.7. The third kappa shape index (κ3) is 6.75. The average Bonchev–Trinajstić information content (AvgIpc) is 3.69. The SMILES string of the molecule is COc1cc(/C=C2\S/C(=N/N=C\c3cccs3)N(Cc3ccco3)C2=O)ccc1OCc1ccc(Cl)cc1Cl. The number of hydrogen-bond acceptors (Lipinski definition) is 8. The van der Waals surface area contributed by atoms with Crippen LogP contribution in [0.2, 0.25) is 10.0 Å². The maximum atomic E-state index is 13.4. The van der Waals surface area contributed by atoms with Gasteiger partial charge in [0.2, 0.25) is 0 Å². The lowest BCUT2D eigenvalue weighted by Gasteiger charge is -2.13. The van der Waals surface area contributed by atoms with Gasteiger partial charge in [0, 0.05) is 20.5 Å². The molecule has 0 atom stereocenters. The molecule has 0 spiro atoms. The number of nitrogens with zero attached hydrogens (tertiary/aromatic N) is 3. The summed E-state index contributed by atoms with van der Waals surface area (Å²) in [5.74, 6) is 1.51. The summed E-state index contributed by atoms with van der Waals surface area (Å²) >= 11 is 15.0. The van der Waals surface area contributed by atoms with Crippen LogP contribution in [0.1, 0.15) is 21.8 Å². The highest BCUT2D eigenvalue weighted by Crippen LogP contribution is 2.36. The van der Waals surface area contributed by atoms with Crippen LogP contribution in [0, 0.1) is 0 Å². The number of benzene rings is 2. The molecule has 3 heterocycles. The number of amides is 1. The summed E-state index contributed by atoms with van der Waals surface area (Å²) < 4.78 is 17.0. The van der Waals surface area contributed by atoms with Gasteiger partial charge in [-0.15, -0.1) is 16.4 Å². The van der Waals surface area contributed by atoms with E-state index >= 15 is 0 Å². The van der Waals surface area contributed by atoms with Crippen LogP contribution in [0.15, 0.2) is 91.8 Å². The number of hydrogen-bond donors (Lipinski definition) is 0. The van der Waals surface area contributed by atoms with Crippen molar-refractivity contribution < 1.29 is 18.7 Å². The quantitative estimate of drug-likeness (QED) is 0.112. The minimum atomic E-state index is -0.196. The van der Waals surface area contributed by atoms with Crippen molar-refractivity contribution in [2.45, 2.75) is 13.2 Å². The van der Waals surface area contributed by atoms with Crippen molar-refractivity contribution in [1.29, 1.82) is 0 Å². The normalized spacial score (nSPS) is 15.7. The van der Waals surface area contributed by atoms with E-state index in [1.54, 1.807) is 72.2 Å². The van der Waals surface area contributed by atoms with Crippen LogP contribution >= 0.6 is 46.3 Å². The van der Waals surface area contributed by atoms with Crippen molar-refractivity contribution in [1.82, 2.24) is 4.90 Å². The highest BCUT2D eigenvalue weighted by molar-refractivity contribution is 8.18. The number of methoxy groups -OCH3 is 1. The monoisotopic (exact) mass is 597 g/mol. The largest absolute Gasteiger partial charge is 0.493 e. The molecule has 2 aromatic carbocycles. The molecule has 0 bridgehead atoms. The predicted molar refractivity (Wildman–Crippen MR) is 158 cm³/mol. The molecule has 11 heteroatoms. The first-order valence-corrected chi connectivity index (χ1v) is 14.1. The van der Waals surface area contributed by atoms with Crippen LogP contribution in [0.3, 0.4) is 0 Å². The highest BCUT2D eigenvalue weighted by Gasteiger charge is 2.34. The summed E-state index contributed by atoms with van der Waals surface area (Å²) in [5.41, 5.74) is 1.56. The van der Waals surface area contributed by atoms with Crippen LogP contribution in [0.5, 0.6) is 11.5 Å². The van der Waals surface area contributed by atoms with Crippen molar-refractivity contribution in [3.63, 3.8) is 0 Å². The van der Waals surface area contributed by atoms with E-state index in [1.807, 2.05) is 35.7 Å². The summed E-state index contributed by atoms with van der Waals surface area (Å²) in [6.07, 6.45) is 5.02. The van der Waals surface area contributed by atoms with Gasteiger partial charge in [-0.2, -0.15) is 5.10 Å². The molecule has 4 aromatic rings. The van der Waals surface area contributed by atoms with Gasteiger partial charge < -0.3 is 13.9 Å². The molecule has 2 aromatic heterocycles. The molecule has 1 amide bonds. The molecule has 0 radical (unpaired) electrons. The summed E-state index contributed by atoms with van der Waals surface area (Å²) in [4.78, 5) is 16.4. The minimum absolute atomic E-state index is 0.196. The van der Waals surface area contributed by atoms with Gasteiger partial charge in [-0.3, -0.25) is 9.69 Å². The van der Waals surface area contributed by atoms with Gasteiger partial charge in [-0.25, -0.2) is 0 Å². The fourth-order valence-electron chi connectivity index (χ4n) is 3.62. The van der Waals surface area contributed by atoms with Gasteiger partial charge in [0.25, 0.3) is 5.91 Å². The molecular weight excluding hydrogens is 577 g/mol. The first-order chi connectivity index (χ1) is 19.0. The van der Waals surface area contributed by atoms with Crippen LogP contribution in [0.25, 0.3) is 6.08 Å². The van der Waals surface area contributed by atoms with Crippen LogP contribution < -0.4 is 9.47 Å². The molecule has 0 aliphatic carbocycles. The van der Waals surface area contributed by atoms with E-state index in [4.69, 9.17) is 37.1 Å². The fraction of sp³-hybridized carbons (Fsp3) is 0.107. The first-order valence-electron chi connectivity index (χ1n) is 11.6. The highest BCUT2D eigenvalue weighted by atomic mass is 35.5. The molecule has 0 N–H and O–H groups in total. The fourth-order valence-corrected chi connectivity index (χ4v) is 5.60. The predicted octanol–water partition coefficient (Wildman–Crippen LogP) is 7.74. The van der Waals surface area contributed by atoms with E-state index in [0.29, 0.717) is 37.4 Å². The zero-order valence-electron chi connectivity index (χ0n) is 20.5. The molecule has 1 aliphatic heterocycles. The Labute approximate surface area is 243 Å². The zero-order chi connectivity index (χ0) is 27.2. The maximum Gasteiger partial charge on any atom is 0.267 e. The number of carbonyl (C=O) groups excluding carboxylic acids is 1. The van der Waals surface area contributed by atoms with Crippen molar-refractivity contribution in [2.75, 3.05) is 7.11 Å². The molecule has 198 valence electrons. The molecule has 1 fully saturated rings. The first kappa shape index (κ1) is 27.1. The Hall–Kier alpha value is -3.50. The van der Waals surface area contributed by atoms with Crippen LogP contribution in [0.4, 0.5) is 0 Å². The lowest BCUT2D eigenvalue weighted by molar-refractivity contribution is -0.122. The number of furan rings is 1. The van der Waals surface area contributed by atoms with E-state index in [2.05, 4.69) is 10.2 Å². The van der Waals surface area contributed by atoms with Crippen LogP contribution in [-0.2, 0) is 17.9 Å². The standard InChI is InChI=1S/C28H21Cl2N3O4S2/c1-35-25-12-18(6-9-24(25)37-17-19-7-8-20(29)14-23(19)30)13-26-27(34)33(16-21-4-2-10-36-21)28(39-26)32-31-15-22-5-3-11-38-22/h2-15H,16-17H2,1H3/b26-13-,31-15-,32-28+. The van der Waals surface area contributed by atoms with E-state index < -0.39 is 0 Å². The number of rotatable bonds is 9. The number of carbonyl (C=O) groups is 1. The number of thioether (sulfide) groups is 1. The van der Waals surface area contributed by atoms with Crippen molar-refractivity contribution in [3.05, 3.63) is 109 Å². The smallest absolute Gasteiger partial charge is 0.267 e. The Balaban J connectivity index is 1.36. The van der Waals surface area contributed by atoms with E-state index in [0.717, 1.165) is 16.0 Å². The second-order valence-electron chi connectivity index (χ2n) is 8.16. The maximum absolute atomic E-state index is 13.4. The lowest BCUT2D eigenvalue weighted by atomic mass is 10.1. The van der Waals surface area contributed by atoms with E-state index in [-0.39, 0.29) is 19.1 Å². The molecule has 1 saturated heterocycles. The number of amidine groups is 1. The summed E-state index contributed by atoms with van der Waals surface area (Å²) in [6.45, 7) is 0.488. The third-order valence-electron chi connectivity index (χ3n) is 5.54. The van der Waals surface area contributed by atoms with Gasteiger partial charge in [0.1, 0.15) is 12.4 Å². The molecule has 39 heavy (non-hydrogen) atoms. The molecular formula is C28H21Cl2N3O4S2. The van der Waals surface area contributed by atoms with Gasteiger partial charge in [-0.05, 0) is 71.2 Å². The summed E-state index contributed by atoms with van der Waals surface area (Å²) in [7, 11) is 1.56. The number of thiophene rings is 1. The second-order valence-corrected chi connectivity index (χ2v) is 11.0. The van der Waals surface area contributed by atoms with Gasteiger partial charge >= 0.3 is 0 Å². The third-order valence-corrected chi connectivity index (χ3v) is 7.93. The Bertz CT molecular complexity index is 1550. The Morgan fingerprint density at radius 2 is 1.97 bits per heavy atom. The molecule has 0 unspecified atom stereocenters.